The molecule has 0 atom stereocenters. The lowest BCUT2D eigenvalue weighted by Gasteiger charge is -2.14. The Kier molecular flexibility index (Phi) is 10.5. The summed E-state index contributed by atoms with van der Waals surface area (Å²) in [4.78, 5) is 2.12. The highest BCUT2D eigenvalue weighted by atomic mass is 15.4. The van der Waals surface area contributed by atoms with Gasteiger partial charge in [0.15, 0.2) is 0 Å². The van der Waals surface area contributed by atoms with Crippen LogP contribution < -0.4 is 5.84 Å². The van der Waals surface area contributed by atoms with E-state index in [0.29, 0.717) is 0 Å². The molecule has 78 valence electrons. The largest absolute Gasteiger partial charge is 0.319 e. The molecule has 0 aliphatic carbocycles. The topological polar surface area (TPSA) is 32.5 Å². The molecule has 0 unspecified atom stereocenters. The van der Waals surface area contributed by atoms with Gasteiger partial charge in [0.1, 0.15) is 0 Å². The first-order valence-electron chi connectivity index (χ1n) is 4.39. The van der Waals surface area contributed by atoms with Crippen molar-refractivity contribution in [2.45, 2.75) is 13.8 Å². The number of hydrazine groups is 1. The lowest BCUT2D eigenvalue weighted by molar-refractivity contribution is 0.398. The number of nitrogens with two attached hydrogens (primary N) is 1. The number of rotatable bonds is 4. The van der Waals surface area contributed by atoms with Gasteiger partial charge in [0, 0.05) is 19.3 Å². The van der Waals surface area contributed by atoms with Crippen molar-refractivity contribution in [1.29, 1.82) is 0 Å². The van der Waals surface area contributed by atoms with Crippen molar-refractivity contribution < 1.29 is 0 Å². The van der Waals surface area contributed by atoms with Crippen molar-refractivity contribution in [3.63, 3.8) is 0 Å². The minimum Gasteiger partial charge on any atom is -0.319 e. The van der Waals surface area contributed by atoms with Gasteiger partial charge in [0.25, 0.3) is 0 Å². The van der Waals surface area contributed by atoms with Gasteiger partial charge in [-0.05, 0) is 33.5 Å². The molecule has 0 rings (SSSR count). The summed E-state index contributed by atoms with van der Waals surface area (Å²) in [6.45, 7) is 11.9. The lowest BCUT2D eigenvalue weighted by atomic mass is 10.3. The van der Waals surface area contributed by atoms with Crippen LogP contribution in [0.4, 0.5) is 0 Å². The molecular formula is C10H23N3. The van der Waals surface area contributed by atoms with Crippen LogP contribution in [0.2, 0.25) is 0 Å². The van der Waals surface area contributed by atoms with Gasteiger partial charge < -0.3 is 9.91 Å². The molecular weight excluding hydrogens is 162 g/mol. The maximum atomic E-state index is 5.59. The quantitative estimate of drug-likeness (QED) is 0.409. The van der Waals surface area contributed by atoms with Gasteiger partial charge in [0.2, 0.25) is 0 Å². The normalized spacial score (nSPS) is 10.8. The van der Waals surface area contributed by atoms with Crippen LogP contribution in [-0.4, -0.2) is 37.1 Å². The van der Waals surface area contributed by atoms with Crippen LogP contribution in [0, 0.1) is 0 Å². The molecule has 0 radical (unpaired) electrons. The number of hydrogen-bond acceptors (Lipinski definition) is 3. The third-order valence-corrected chi connectivity index (χ3v) is 1.32. The molecule has 0 aromatic rings. The van der Waals surface area contributed by atoms with E-state index in [1.807, 2.05) is 27.2 Å². The van der Waals surface area contributed by atoms with E-state index >= 15 is 0 Å². The van der Waals surface area contributed by atoms with Crippen LogP contribution in [0.25, 0.3) is 0 Å². The van der Waals surface area contributed by atoms with Gasteiger partial charge in [0.05, 0.1) is 0 Å². The summed E-state index contributed by atoms with van der Waals surface area (Å²) in [7, 11) is 4.09. The highest BCUT2D eigenvalue weighted by Gasteiger charge is 1.93. The van der Waals surface area contributed by atoms with E-state index in [-0.39, 0.29) is 0 Å². The number of nitrogens with zero attached hydrogens (tertiary/aromatic N) is 2. The third kappa shape index (κ3) is 11.2. The summed E-state index contributed by atoms with van der Waals surface area (Å²) in [5, 5.41) is 1.69. The molecule has 0 bridgehead atoms. The molecule has 0 heterocycles. The van der Waals surface area contributed by atoms with Crippen LogP contribution in [0.5, 0.6) is 0 Å². The Bertz CT molecular complexity index is 141. The van der Waals surface area contributed by atoms with E-state index in [1.165, 1.54) is 5.57 Å². The van der Waals surface area contributed by atoms with Crippen molar-refractivity contribution >= 4 is 0 Å². The van der Waals surface area contributed by atoms with E-state index in [0.717, 1.165) is 13.1 Å². The Morgan fingerprint density at radius 2 is 1.85 bits per heavy atom. The Hall–Kier alpha value is -0.800. The zero-order valence-corrected chi connectivity index (χ0v) is 9.38. The molecule has 0 aliphatic heterocycles. The van der Waals surface area contributed by atoms with E-state index in [4.69, 9.17) is 5.84 Å². The fourth-order valence-corrected chi connectivity index (χ4v) is 0.914. The minimum atomic E-state index is 0.852. The number of likely N-dealkylation sites (N-methyl/N-ethyl adjacent to an activating group) is 1. The second-order valence-electron chi connectivity index (χ2n) is 3.04. The van der Waals surface area contributed by atoms with Crippen molar-refractivity contribution in [1.82, 2.24) is 9.91 Å². The van der Waals surface area contributed by atoms with Crippen molar-refractivity contribution in [2.75, 3.05) is 27.2 Å². The monoisotopic (exact) mass is 185 g/mol. The summed E-state index contributed by atoms with van der Waals surface area (Å²) >= 11 is 0. The van der Waals surface area contributed by atoms with Gasteiger partial charge in [-0.2, -0.15) is 0 Å². The highest BCUT2D eigenvalue weighted by Crippen LogP contribution is 1.94. The predicted octanol–water partition coefficient (Wildman–Crippen LogP) is 1.45. The molecule has 3 nitrogen and oxygen atoms in total. The van der Waals surface area contributed by atoms with Crippen LogP contribution in [0.1, 0.15) is 13.8 Å². The Labute approximate surface area is 82.5 Å². The van der Waals surface area contributed by atoms with Gasteiger partial charge in [-0.25, -0.2) is 5.84 Å². The fourth-order valence-electron chi connectivity index (χ4n) is 0.914. The van der Waals surface area contributed by atoms with Crippen molar-refractivity contribution in [3.05, 3.63) is 24.9 Å². The average Bonchev–Trinajstić information content (AvgIpc) is 2.06. The van der Waals surface area contributed by atoms with E-state index < -0.39 is 0 Å². The maximum Gasteiger partial charge on any atom is 0.0306 e. The molecule has 0 saturated carbocycles. The molecule has 13 heavy (non-hydrogen) atoms. The summed E-state index contributed by atoms with van der Waals surface area (Å²) < 4.78 is 0. The smallest absolute Gasteiger partial charge is 0.0306 e. The van der Waals surface area contributed by atoms with Crippen LogP contribution in [0.15, 0.2) is 24.9 Å². The molecule has 3 heteroatoms. The molecule has 2 N–H and O–H groups in total. The predicted molar refractivity (Wildman–Crippen MR) is 60.1 cm³/mol. The minimum absolute atomic E-state index is 0.852. The summed E-state index contributed by atoms with van der Waals surface area (Å²) in [5.74, 6) is 5.59. The van der Waals surface area contributed by atoms with Crippen molar-refractivity contribution in [3.8, 4) is 0 Å². The van der Waals surface area contributed by atoms with Crippen LogP contribution >= 0.6 is 0 Å². The van der Waals surface area contributed by atoms with E-state index in [1.54, 1.807) is 5.01 Å². The Morgan fingerprint density at radius 3 is 2.15 bits per heavy atom. The summed E-state index contributed by atoms with van der Waals surface area (Å²) in [6, 6.07) is 0. The standard InChI is InChI=1S/C8H19N3.C2H4/c1-5-11(9)7-8(2)6-10(3)4;1-2/h7H,5-6,9H2,1-4H3;1-2H2/b8-7+;. The molecule has 0 aromatic heterocycles. The second-order valence-corrected chi connectivity index (χ2v) is 3.04. The first-order valence-corrected chi connectivity index (χ1v) is 4.39. The van der Waals surface area contributed by atoms with Gasteiger partial charge in [-0.15, -0.1) is 13.2 Å². The number of hydrogen-bond donors (Lipinski definition) is 1. The highest BCUT2D eigenvalue weighted by molar-refractivity contribution is 4.98. The first-order chi connectivity index (χ1) is 6.06. The van der Waals surface area contributed by atoms with E-state index in [9.17, 15) is 0 Å². The van der Waals surface area contributed by atoms with Gasteiger partial charge >= 0.3 is 0 Å². The second kappa shape index (κ2) is 9.29. The summed E-state index contributed by atoms with van der Waals surface area (Å²) in [6.07, 6.45) is 1.97. The molecule has 0 spiro atoms. The molecule has 0 aromatic carbocycles. The average molecular weight is 185 g/mol. The third-order valence-electron chi connectivity index (χ3n) is 1.32. The lowest BCUT2D eigenvalue weighted by Crippen LogP contribution is -2.26. The van der Waals surface area contributed by atoms with E-state index in [2.05, 4.69) is 25.0 Å². The molecule has 0 aliphatic rings. The Balaban J connectivity index is 0. The fraction of sp³-hybridized carbons (Fsp3) is 0.600. The SMILES string of the molecule is C=C.CCN(N)/C=C(\C)CN(C)C. The first kappa shape index (κ1) is 14.7. The summed E-state index contributed by atoms with van der Waals surface area (Å²) in [5.41, 5.74) is 1.28. The Morgan fingerprint density at radius 1 is 1.38 bits per heavy atom. The van der Waals surface area contributed by atoms with Gasteiger partial charge in [-0.1, -0.05) is 0 Å². The van der Waals surface area contributed by atoms with Crippen molar-refractivity contribution in [2.24, 2.45) is 5.84 Å². The maximum absolute atomic E-state index is 5.59. The molecule has 0 fully saturated rings. The van der Waals surface area contributed by atoms with Crippen LogP contribution in [-0.2, 0) is 0 Å². The zero-order chi connectivity index (χ0) is 10.9. The molecule has 0 amide bonds. The zero-order valence-electron chi connectivity index (χ0n) is 9.38. The van der Waals surface area contributed by atoms with Gasteiger partial charge in [-0.3, -0.25) is 0 Å². The molecule has 0 saturated heterocycles. The van der Waals surface area contributed by atoms with Crippen LogP contribution in [0.3, 0.4) is 0 Å².